The minimum atomic E-state index is -0.881. The van der Waals surface area contributed by atoms with Crippen molar-refractivity contribution < 1.29 is 19.1 Å². The monoisotopic (exact) mass is 397 g/mol. The number of methoxy groups -OCH3 is 1. The summed E-state index contributed by atoms with van der Waals surface area (Å²) in [5.74, 6) is -0.827. The van der Waals surface area contributed by atoms with Crippen LogP contribution in [0.5, 0.6) is 0 Å². The Morgan fingerprint density at radius 1 is 1.28 bits per heavy atom. The van der Waals surface area contributed by atoms with Crippen molar-refractivity contribution in [1.82, 2.24) is 9.55 Å². The number of amides is 1. The van der Waals surface area contributed by atoms with Crippen molar-refractivity contribution in [2.75, 3.05) is 31.8 Å². The number of imidazole rings is 1. The predicted molar refractivity (Wildman–Crippen MR) is 110 cm³/mol. The maximum Gasteiger partial charge on any atom is 0.320 e. The van der Waals surface area contributed by atoms with Gasteiger partial charge in [0.2, 0.25) is 11.9 Å². The maximum absolute atomic E-state index is 13.5. The number of hydrogen-bond donors (Lipinski definition) is 0. The van der Waals surface area contributed by atoms with E-state index in [-0.39, 0.29) is 24.5 Å². The fourth-order valence-electron chi connectivity index (χ4n) is 4.55. The molecule has 0 spiro atoms. The first-order chi connectivity index (χ1) is 14.2. The summed E-state index contributed by atoms with van der Waals surface area (Å²) in [5.41, 5.74) is 1.75. The Morgan fingerprint density at radius 2 is 2.10 bits per heavy atom. The Kier molecular flexibility index (Phi) is 5.67. The third-order valence-corrected chi connectivity index (χ3v) is 5.84. The van der Waals surface area contributed by atoms with Gasteiger partial charge in [-0.2, -0.15) is 0 Å². The number of ether oxygens (including phenoxy) is 2. The molecule has 29 heavy (non-hydrogen) atoms. The number of fused-ring (bicyclic) bond motifs is 3. The van der Waals surface area contributed by atoms with Gasteiger partial charge >= 0.3 is 5.97 Å². The number of rotatable bonds is 6. The largest absolute Gasteiger partial charge is 0.465 e. The third-order valence-electron chi connectivity index (χ3n) is 5.84. The molecule has 2 aliphatic rings. The first-order valence-electron chi connectivity index (χ1n) is 10.3. The molecule has 7 nitrogen and oxygen atoms in total. The number of hydrogen-bond acceptors (Lipinski definition) is 5. The maximum atomic E-state index is 13.5. The van der Waals surface area contributed by atoms with E-state index in [1.807, 2.05) is 24.3 Å². The van der Waals surface area contributed by atoms with Gasteiger partial charge in [0, 0.05) is 7.11 Å². The first kappa shape index (κ1) is 19.6. The quantitative estimate of drug-likeness (QED) is 0.425. The van der Waals surface area contributed by atoms with E-state index in [0.29, 0.717) is 19.1 Å². The molecular formula is C22H27N3O4. The molecule has 0 radical (unpaired) electrons. The van der Waals surface area contributed by atoms with E-state index in [4.69, 9.17) is 14.5 Å². The lowest BCUT2D eigenvalue weighted by molar-refractivity contribution is -0.155. The predicted octanol–water partition coefficient (Wildman–Crippen LogP) is 3.11. The number of benzene rings is 1. The number of para-hydroxylation sites is 2. The standard InChI is InChI=1S/C22H27N3O4/c1-3-29-21(27)18-19(15-9-5-4-6-10-15)25-17-12-8-7-11-16(17)23-22(25)24(20(18)26)13-14-28-2/h4-5,7-8,11-12,15,18-19H,3,6,9-10,13-14H2,1-2H3/t15-,18-,19+/m1/s1. The normalized spacial score (nSPS) is 24.0. The SMILES string of the molecule is CCOC(=O)[C@H]1C(=O)N(CCOC)c2nc3ccccc3n2[C@H]1[C@@H]1CC=CCC1. The highest BCUT2D eigenvalue weighted by Crippen LogP contribution is 2.44. The molecule has 2 heterocycles. The lowest BCUT2D eigenvalue weighted by Gasteiger charge is -2.41. The van der Waals surface area contributed by atoms with E-state index in [9.17, 15) is 9.59 Å². The molecule has 7 heteroatoms. The van der Waals surface area contributed by atoms with Crippen molar-refractivity contribution >= 4 is 28.9 Å². The zero-order valence-electron chi connectivity index (χ0n) is 16.9. The van der Waals surface area contributed by atoms with Crippen LogP contribution in [0.25, 0.3) is 11.0 Å². The van der Waals surface area contributed by atoms with Gasteiger partial charge in [-0.15, -0.1) is 0 Å². The van der Waals surface area contributed by atoms with Gasteiger partial charge < -0.3 is 14.0 Å². The van der Waals surface area contributed by atoms with Crippen LogP contribution in [0.15, 0.2) is 36.4 Å². The minimum absolute atomic E-state index is 0.166. The average molecular weight is 397 g/mol. The molecule has 2 aromatic rings. The highest BCUT2D eigenvalue weighted by Gasteiger charge is 2.49. The Bertz CT molecular complexity index is 935. The van der Waals surface area contributed by atoms with Gasteiger partial charge in [-0.1, -0.05) is 24.3 Å². The molecule has 3 atom stereocenters. The number of esters is 1. The number of carbonyl (C=O) groups excluding carboxylic acids is 2. The Balaban J connectivity index is 1.90. The van der Waals surface area contributed by atoms with Crippen molar-refractivity contribution in [3.05, 3.63) is 36.4 Å². The molecule has 0 saturated carbocycles. The smallest absolute Gasteiger partial charge is 0.320 e. The summed E-state index contributed by atoms with van der Waals surface area (Å²) in [6, 6.07) is 7.53. The van der Waals surface area contributed by atoms with Crippen LogP contribution in [0, 0.1) is 11.8 Å². The number of allylic oxidation sites excluding steroid dienone is 2. The van der Waals surface area contributed by atoms with Gasteiger partial charge in [0.25, 0.3) is 0 Å². The van der Waals surface area contributed by atoms with Crippen molar-refractivity contribution in [3.63, 3.8) is 0 Å². The Hall–Kier alpha value is -2.67. The second-order valence-corrected chi connectivity index (χ2v) is 7.52. The molecule has 0 fully saturated rings. The molecule has 1 aromatic carbocycles. The van der Waals surface area contributed by atoms with E-state index in [2.05, 4.69) is 16.7 Å². The highest BCUT2D eigenvalue weighted by atomic mass is 16.5. The van der Waals surface area contributed by atoms with Gasteiger partial charge in [0.15, 0.2) is 5.92 Å². The summed E-state index contributed by atoms with van der Waals surface area (Å²) in [5, 5.41) is 0. The zero-order chi connectivity index (χ0) is 20.4. The second kappa shape index (κ2) is 8.37. The Morgan fingerprint density at radius 3 is 2.83 bits per heavy atom. The van der Waals surface area contributed by atoms with Crippen molar-refractivity contribution in [1.29, 1.82) is 0 Å². The van der Waals surface area contributed by atoms with Gasteiger partial charge in [-0.05, 0) is 44.2 Å². The molecule has 1 aromatic heterocycles. The average Bonchev–Trinajstić information content (AvgIpc) is 3.12. The molecule has 0 saturated heterocycles. The summed E-state index contributed by atoms with van der Waals surface area (Å²) in [6.45, 7) is 2.72. The summed E-state index contributed by atoms with van der Waals surface area (Å²) in [4.78, 5) is 32.9. The van der Waals surface area contributed by atoms with Crippen LogP contribution in [0.1, 0.15) is 32.2 Å². The summed E-state index contributed by atoms with van der Waals surface area (Å²) in [7, 11) is 1.59. The van der Waals surface area contributed by atoms with Gasteiger partial charge in [-0.25, -0.2) is 4.98 Å². The summed E-state index contributed by atoms with van der Waals surface area (Å²) >= 11 is 0. The molecule has 154 valence electrons. The Labute approximate surface area is 170 Å². The molecule has 1 aliphatic carbocycles. The van der Waals surface area contributed by atoms with Crippen LogP contribution in [-0.4, -0.2) is 48.3 Å². The van der Waals surface area contributed by atoms with E-state index in [1.54, 1.807) is 18.9 Å². The molecule has 0 bridgehead atoms. The lowest BCUT2D eigenvalue weighted by atomic mass is 9.79. The zero-order valence-corrected chi connectivity index (χ0v) is 16.9. The molecule has 4 rings (SSSR count). The van der Waals surface area contributed by atoms with E-state index in [1.165, 1.54) is 0 Å². The number of anilines is 1. The molecular weight excluding hydrogens is 370 g/mol. The van der Waals surface area contributed by atoms with Crippen LogP contribution in [0.4, 0.5) is 5.95 Å². The number of carbonyl (C=O) groups is 2. The van der Waals surface area contributed by atoms with Crippen molar-refractivity contribution in [2.24, 2.45) is 11.8 Å². The number of nitrogens with zero attached hydrogens (tertiary/aromatic N) is 3. The van der Waals surface area contributed by atoms with Crippen LogP contribution in [0.3, 0.4) is 0 Å². The lowest BCUT2D eigenvalue weighted by Crippen LogP contribution is -2.52. The van der Waals surface area contributed by atoms with E-state index >= 15 is 0 Å². The van der Waals surface area contributed by atoms with Crippen LogP contribution in [0.2, 0.25) is 0 Å². The topological polar surface area (TPSA) is 73.7 Å². The second-order valence-electron chi connectivity index (χ2n) is 7.52. The van der Waals surface area contributed by atoms with Gasteiger partial charge in [0.1, 0.15) is 0 Å². The number of aromatic nitrogens is 2. The van der Waals surface area contributed by atoms with Gasteiger partial charge in [-0.3, -0.25) is 14.5 Å². The van der Waals surface area contributed by atoms with Gasteiger partial charge in [0.05, 0.1) is 36.8 Å². The fraction of sp³-hybridized carbons (Fsp3) is 0.500. The summed E-state index contributed by atoms with van der Waals surface area (Å²) in [6.07, 6.45) is 7.02. The first-order valence-corrected chi connectivity index (χ1v) is 10.3. The fourth-order valence-corrected chi connectivity index (χ4v) is 4.55. The van der Waals surface area contributed by atoms with Crippen LogP contribution < -0.4 is 4.90 Å². The van der Waals surface area contributed by atoms with Crippen molar-refractivity contribution in [2.45, 2.75) is 32.2 Å². The van der Waals surface area contributed by atoms with E-state index in [0.717, 1.165) is 30.3 Å². The minimum Gasteiger partial charge on any atom is -0.465 e. The molecule has 1 aliphatic heterocycles. The third kappa shape index (κ3) is 3.44. The van der Waals surface area contributed by atoms with Crippen LogP contribution >= 0.6 is 0 Å². The van der Waals surface area contributed by atoms with E-state index < -0.39 is 11.9 Å². The van der Waals surface area contributed by atoms with Crippen LogP contribution in [-0.2, 0) is 19.1 Å². The molecule has 0 N–H and O–H groups in total. The summed E-state index contributed by atoms with van der Waals surface area (Å²) < 4.78 is 12.7. The molecule has 0 unspecified atom stereocenters. The molecule has 1 amide bonds. The highest BCUT2D eigenvalue weighted by molar-refractivity contribution is 6.08. The van der Waals surface area contributed by atoms with Crippen molar-refractivity contribution in [3.8, 4) is 0 Å².